The van der Waals surface area contributed by atoms with Gasteiger partial charge in [0.2, 0.25) is 10.0 Å². The van der Waals surface area contributed by atoms with Gasteiger partial charge in [-0.3, -0.25) is 0 Å². The lowest BCUT2D eigenvalue weighted by atomic mass is 10.0. The van der Waals surface area contributed by atoms with Gasteiger partial charge in [0.05, 0.1) is 0 Å². The smallest absolute Gasteiger partial charge is 0.221 e. The number of nitrogens with one attached hydrogen (secondary N) is 2. The number of rotatable bonds is 8. The lowest BCUT2D eigenvalue weighted by molar-refractivity contribution is 0.539. The molecule has 126 valence electrons. The molecule has 0 aliphatic rings. The van der Waals surface area contributed by atoms with Gasteiger partial charge in [0.15, 0.2) is 0 Å². The first-order chi connectivity index (χ1) is 10.9. The number of sulfonamides is 1. The molecule has 2 aromatic rings. The predicted molar refractivity (Wildman–Crippen MR) is 98.3 cm³/mol. The second-order valence-corrected chi connectivity index (χ2v) is 9.27. The fraction of sp³-hybridized carbons (Fsp3) is 0.412. The Morgan fingerprint density at radius 3 is 2.39 bits per heavy atom. The van der Waals surface area contributed by atoms with Gasteiger partial charge >= 0.3 is 0 Å². The van der Waals surface area contributed by atoms with Gasteiger partial charge in [0, 0.05) is 23.7 Å². The summed E-state index contributed by atoms with van der Waals surface area (Å²) in [5, 5.41) is 5.40. The van der Waals surface area contributed by atoms with E-state index in [1.54, 1.807) is 25.2 Å². The van der Waals surface area contributed by atoms with Crippen LogP contribution in [0.5, 0.6) is 0 Å². The Morgan fingerprint density at radius 2 is 1.83 bits per heavy atom. The molecule has 0 atom stereocenters. The Hall–Kier alpha value is -1.37. The highest BCUT2D eigenvalue weighted by Crippen LogP contribution is 2.29. The zero-order valence-electron chi connectivity index (χ0n) is 13.8. The van der Waals surface area contributed by atoms with Gasteiger partial charge in [-0.15, -0.1) is 11.3 Å². The third-order valence-corrected chi connectivity index (χ3v) is 6.88. The summed E-state index contributed by atoms with van der Waals surface area (Å²) in [5.74, 6) is 0. The minimum atomic E-state index is -3.40. The molecule has 0 bridgehead atoms. The first-order valence-electron chi connectivity index (χ1n) is 7.73. The molecule has 0 radical (unpaired) electrons. The molecule has 2 N–H and O–H groups in total. The van der Waals surface area contributed by atoms with E-state index in [1.165, 1.54) is 4.88 Å². The largest absolute Gasteiger partial charge is 0.380 e. The third-order valence-electron chi connectivity index (χ3n) is 3.84. The number of hydrogen-bond donors (Lipinski definition) is 2. The summed E-state index contributed by atoms with van der Waals surface area (Å²) in [6.07, 6.45) is 0.779. The fourth-order valence-electron chi connectivity index (χ4n) is 2.16. The quantitative estimate of drug-likeness (QED) is 0.757. The minimum absolute atomic E-state index is 0.465. The van der Waals surface area contributed by atoms with E-state index in [9.17, 15) is 8.42 Å². The summed E-state index contributed by atoms with van der Waals surface area (Å²) in [7, 11) is -3.40. The number of hydrogen-bond acceptors (Lipinski definition) is 4. The summed E-state index contributed by atoms with van der Waals surface area (Å²) >= 11 is 1.71. The second-order valence-electron chi connectivity index (χ2n) is 5.92. The summed E-state index contributed by atoms with van der Waals surface area (Å²) in [4.78, 5) is 1.26. The van der Waals surface area contributed by atoms with E-state index in [1.807, 2.05) is 37.3 Å². The molecule has 0 saturated carbocycles. The van der Waals surface area contributed by atoms with Crippen molar-refractivity contribution in [1.82, 2.24) is 4.72 Å². The van der Waals surface area contributed by atoms with Crippen LogP contribution in [0.2, 0.25) is 0 Å². The monoisotopic (exact) mass is 352 g/mol. The minimum Gasteiger partial charge on any atom is -0.380 e. The molecule has 1 heterocycles. The molecule has 4 nitrogen and oxygen atoms in total. The number of thiophene rings is 1. The van der Waals surface area contributed by atoms with Gasteiger partial charge in [-0.05, 0) is 49.4 Å². The van der Waals surface area contributed by atoms with Crippen molar-refractivity contribution < 1.29 is 8.42 Å². The first-order valence-corrected chi connectivity index (χ1v) is 10.1. The van der Waals surface area contributed by atoms with E-state index in [0.29, 0.717) is 6.54 Å². The molecular formula is C17H24N2O2S2. The third kappa shape index (κ3) is 4.34. The molecule has 0 aliphatic carbocycles. The molecule has 6 heteroatoms. The van der Waals surface area contributed by atoms with Crippen molar-refractivity contribution in [3.05, 3.63) is 52.2 Å². The van der Waals surface area contributed by atoms with Crippen LogP contribution in [0.1, 0.15) is 37.6 Å². The highest BCUT2D eigenvalue weighted by Gasteiger charge is 2.35. The van der Waals surface area contributed by atoms with Gasteiger partial charge in [-0.2, -0.15) is 0 Å². The maximum Gasteiger partial charge on any atom is 0.221 e. The molecule has 0 spiro atoms. The van der Waals surface area contributed by atoms with Crippen molar-refractivity contribution in [3.63, 3.8) is 0 Å². The van der Waals surface area contributed by atoms with Crippen LogP contribution in [0, 0.1) is 0 Å². The van der Waals surface area contributed by atoms with Gasteiger partial charge in [-0.1, -0.05) is 25.1 Å². The lowest BCUT2D eigenvalue weighted by Gasteiger charge is -2.26. The van der Waals surface area contributed by atoms with E-state index < -0.39 is 14.8 Å². The SMILES string of the molecule is CCCNS(=O)(=O)C(C)(C)c1ccc(NCc2cccs2)cc1. The number of anilines is 1. The van der Waals surface area contributed by atoms with E-state index >= 15 is 0 Å². The van der Waals surface area contributed by atoms with Crippen molar-refractivity contribution in [1.29, 1.82) is 0 Å². The highest BCUT2D eigenvalue weighted by atomic mass is 32.2. The van der Waals surface area contributed by atoms with E-state index in [-0.39, 0.29) is 0 Å². The zero-order valence-corrected chi connectivity index (χ0v) is 15.4. The summed E-state index contributed by atoms with van der Waals surface area (Å²) in [6.45, 7) is 6.66. The Morgan fingerprint density at radius 1 is 1.13 bits per heavy atom. The normalized spacial score (nSPS) is 12.3. The van der Waals surface area contributed by atoms with Crippen LogP contribution < -0.4 is 10.0 Å². The van der Waals surface area contributed by atoms with Gasteiger partial charge in [0.25, 0.3) is 0 Å². The van der Waals surface area contributed by atoms with Crippen LogP contribution in [0.15, 0.2) is 41.8 Å². The average molecular weight is 353 g/mol. The second kappa shape index (κ2) is 7.47. The molecule has 0 saturated heterocycles. The Labute approximate surface area is 143 Å². The summed E-state index contributed by atoms with van der Waals surface area (Å²) in [5.41, 5.74) is 1.76. The van der Waals surface area contributed by atoms with Crippen LogP contribution >= 0.6 is 11.3 Å². The summed E-state index contributed by atoms with van der Waals surface area (Å²) < 4.78 is 26.6. The molecule has 23 heavy (non-hydrogen) atoms. The maximum atomic E-state index is 12.5. The van der Waals surface area contributed by atoms with E-state index in [0.717, 1.165) is 24.2 Å². The van der Waals surface area contributed by atoms with Crippen LogP contribution in [0.3, 0.4) is 0 Å². The molecule has 1 aromatic heterocycles. The van der Waals surface area contributed by atoms with Crippen LogP contribution in [0.4, 0.5) is 5.69 Å². The van der Waals surface area contributed by atoms with Gasteiger partial charge in [-0.25, -0.2) is 13.1 Å². The Bertz CT molecular complexity index is 706. The van der Waals surface area contributed by atoms with Crippen LogP contribution in [-0.2, 0) is 21.3 Å². The standard InChI is InChI=1S/C17H24N2O2S2/c1-4-11-19-23(20,21)17(2,3)14-7-9-15(10-8-14)18-13-16-6-5-12-22-16/h5-10,12,18-19H,4,11,13H2,1-3H3. The molecule has 1 aromatic carbocycles. The van der Waals surface area contributed by atoms with Crippen LogP contribution in [0.25, 0.3) is 0 Å². The predicted octanol–water partition coefficient (Wildman–Crippen LogP) is 3.92. The van der Waals surface area contributed by atoms with E-state index in [2.05, 4.69) is 21.5 Å². The summed E-state index contributed by atoms with van der Waals surface area (Å²) in [6, 6.07) is 11.7. The zero-order chi connectivity index (χ0) is 16.9. The van der Waals surface area contributed by atoms with Crippen molar-refractivity contribution >= 4 is 27.0 Å². The van der Waals surface area contributed by atoms with Crippen molar-refractivity contribution in [2.75, 3.05) is 11.9 Å². The number of benzene rings is 1. The molecule has 2 rings (SSSR count). The Kier molecular flexibility index (Phi) is 5.84. The van der Waals surface area contributed by atoms with Crippen molar-refractivity contribution in [3.8, 4) is 0 Å². The van der Waals surface area contributed by atoms with E-state index in [4.69, 9.17) is 0 Å². The fourth-order valence-corrected chi connectivity index (χ4v) is 4.09. The average Bonchev–Trinajstić information content (AvgIpc) is 3.04. The lowest BCUT2D eigenvalue weighted by Crippen LogP contribution is -2.39. The topological polar surface area (TPSA) is 58.2 Å². The van der Waals surface area contributed by atoms with Gasteiger partial charge in [0.1, 0.15) is 4.75 Å². The molecule has 0 amide bonds. The first kappa shape index (κ1) is 18.0. The molecule has 0 aliphatic heterocycles. The Balaban J connectivity index is 2.08. The molecule has 0 unspecified atom stereocenters. The molecule has 0 fully saturated rings. The van der Waals surface area contributed by atoms with Gasteiger partial charge < -0.3 is 5.32 Å². The molecular weight excluding hydrogens is 328 g/mol. The van der Waals surface area contributed by atoms with Crippen molar-refractivity contribution in [2.24, 2.45) is 0 Å². The maximum absolute atomic E-state index is 12.5. The highest BCUT2D eigenvalue weighted by molar-refractivity contribution is 7.90. The van der Waals surface area contributed by atoms with Crippen LogP contribution in [-0.4, -0.2) is 15.0 Å². The van der Waals surface area contributed by atoms with Crippen molar-refractivity contribution in [2.45, 2.75) is 38.5 Å².